The molecule has 0 spiro atoms. The summed E-state index contributed by atoms with van der Waals surface area (Å²) in [5.74, 6) is 0.681. The monoisotopic (exact) mass is 261 g/mol. The van der Waals surface area contributed by atoms with Crippen molar-refractivity contribution in [1.29, 1.82) is 0 Å². The molecule has 2 nitrogen and oxygen atoms in total. The molecule has 106 valence electrons. The van der Waals surface area contributed by atoms with Crippen molar-refractivity contribution in [1.82, 2.24) is 5.32 Å². The fourth-order valence-corrected chi connectivity index (χ4v) is 3.17. The van der Waals surface area contributed by atoms with Crippen LogP contribution in [-0.2, 0) is 4.74 Å². The summed E-state index contributed by atoms with van der Waals surface area (Å²) in [6.07, 6.45) is 6.44. The van der Waals surface area contributed by atoms with Crippen LogP contribution in [0.5, 0.6) is 0 Å². The normalized spacial score (nSPS) is 25.2. The second kappa shape index (κ2) is 7.66. The topological polar surface area (TPSA) is 21.3 Å². The maximum absolute atomic E-state index is 5.17. The van der Waals surface area contributed by atoms with Crippen molar-refractivity contribution in [3.05, 3.63) is 35.9 Å². The number of hydrogen-bond donors (Lipinski definition) is 1. The molecule has 3 unspecified atom stereocenters. The molecule has 0 heterocycles. The van der Waals surface area contributed by atoms with E-state index in [1.807, 2.05) is 0 Å². The largest absolute Gasteiger partial charge is 0.385 e. The van der Waals surface area contributed by atoms with Gasteiger partial charge in [0, 0.05) is 25.8 Å². The number of benzene rings is 1. The molecule has 3 atom stereocenters. The van der Waals surface area contributed by atoms with E-state index in [2.05, 4.69) is 42.6 Å². The molecular formula is C17H27NO. The van der Waals surface area contributed by atoms with Gasteiger partial charge in [-0.2, -0.15) is 0 Å². The molecule has 2 rings (SSSR count). The smallest absolute Gasteiger partial charge is 0.0476 e. The summed E-state index contributed by atoms with van der Waals surface area (Å²) in [6.45, 7) is 3.12. The Kier molecular flexibility index (Phi) is 5.87. The molecule has 1 saturated carbocycles. The van der Waals surface area contributed by atoms with Gasteiger partial charge in [-0.1, -0.05) is 43.2 Å². The zero-order valence-corrected chi connectivity index (χ0v) is 12.3. The molecule has 1 N–H and O–H groups in total. The van der Waals surface area contributed by atoms with Gasteiger partial charge in [-0.15, -0.1) is 0 Å². The van der Waals surface area contributed by atoms with Crippen LogP contribution in [0.15, 0.2) is 30.3 Å². The number of nitrogens with one attached hydrogen (secondary N) is 1. The van der Waals surface area contributed by atoms with Gasteiger partial charge in [0.15, 0.2) is 0 Å². The summed E-state index contributed by atoms with van der Waals surface area (Å²) < 4.78 is 5.17. The summed E-state index contributed by atoms with van der Waals surface area (Å²) in [6, 6.07) is 12.2. The molecule has 0 amide bonds. The summed E-state index contributed by atoms with van der Waals surface area (Å²) in [4.78, 5) is 0. The predicted octanol–water partition coefficient (Wildman–Crippen LogP) is 3.73. The minimum Gasteiger partial charge on any atom is -0.385 e. The molecule has 0 aromatic heterocycles. The van der Waals surface area contributed by atoms with Gasteiger partial charge >= 0.3 is 0 Å². The number of rotatable bonds is 6. The van der Waals surface area contributed by atoms with Crippen LogP contribution in [0.25, 0.3) is 0 Å². The molecule has 1 aromatic carbocycles. The van der Waals surface area contributed by atoms with Gasteiger partial charge < -0.3 is 10.1 Å². The highest BCUT2D eigenvalue weighted by Crippen LogP contribution is 2.33. The van der Waals surface area contributed by atoms with Crippen molar-refractivity contribution < 1.29 is 4.74 Å². The third-order valence-electron chi connectivity index (χ3n) is 4.25. The van der Waals surface area contributed by atoms with Gasteiger partial charge in [-0.3, -0.25) is 0 Å². The van der Waals surface area contributed by atoms with E-state index in [-0.39, 0.29) is 0 Å². The summed E-state index contributed by atoms with van der Waals surface area (Å²) in [7, 11) is 1.78. The predicted molar refractivity (Wildman–Crippen MR) is 80.5 cm³/mol. The van der Waals surface area contributed by atoms with Gasteiger partial charge in [-0.05, 0) is 37.7 Å². The molecule has 1 aliphatic carbocycles. The fraction of sp³-hybridized carbons (Fsp3) is 0.647. The minimum absolute atomic E-state index is 0.536. The second-order valence-corrected chi connectivity index (χ2v) is 5.76. The number of hydrogen-bond acceptors (Lipinski definition) is 2. The van der Waals surface area contributed by atoms with Crippen molar-refractivity contribution in [2.45, 2.75) is 57.0 Å². The lowest BCUT2D eigenvalue weighted by atomic mass is 9.79. The first-order valence-electron chi connectivity index (χ1n) is 7.61. The van der Waals surface area contributed by atoms with Crippen LogP contribution in [-0.4, -0.2) is 25.8 Å². The summed E-state index contributed by atoms with van der Waals surface area (Å²) in [5, 5.41) is 3.82. The third kappa shape index (κ3) is 4.32. The lowest BCUT2D eigenvalue weighted by Gasteiger charge is -2.35. The zero-order valence-electron chi connectivity index (χ0n) is 12.3. The van der Waals surface area contributed by atoms with Crippen LogP contribution in [0, 0.1) is 0 Å². The van der Waals surface area contributed by atoms with Crippen LogP contribution in [0.3, 0.4) is 0 Å². The molecule has 19 heavy (non-hydrogen) atoms. The average Bonchev–Trinajstić information content (AvgIpc) is 2.46. The average molecular weight is 261 g/mol. The lowest BCUT2D eigenvalue weighted by Crippen LogP contribution is -2.42. The van der Waals surface area contributed by atoms with E-state index in [1.165, 1.54) is 31.2 Å². The molecule has 0 aliphatic heterocycles. The van der Waals surface area contributed by atoms with Gasteiger partial charge in [0.1, 0.15) is 0 Å². The van der Waals surface area contributed by atoms with Gasteiger partial charge in [0.2, 0.25) is 0 Å². The van der Waals surface area contributed by atoms with E-state index in [9.17, 15) is 0 Å². The third-order valence-corrected chi connectivity index (χ3v) is 4.25. The first-order valence-corrected chi connectivity index (χ1v) is 7.61. The molecule has 1 aromatic rings. The minimum atomic E-state index is 0.536. The van der Waals surface area contributed by atoms with E-state index in [4.69, 9.17) is 4.74 Å². The lowest BCUT2D eigenvalue weighted by molar-refractivity contribution is 0.178. The van der Waals surface area contributed by atoms with Crippen molar-refractivity contribution in [3.63, 3.8) is 0 Å². The van der Waals surface area contributed by atoms with Crippen molar-refractivity contribution in [2.75, 3.05) is 13.7 Å². The Bertz CT molecular complexity index is 352. The summed E-state index contributed by atoms with van der Waals surface area (Å²) in [5.41, 5.74) is 1.50. The van der Waals surface area contributed by atoms with Crippen LogP contribution in [0.2, 0.25) is 0 Å². The Labute approximate surface area is 117 Å². The Hall–Kier alpha value is -0.860. The Balaban J connectivity index is 1.96. The van der Waals surface area contributed by atoms with E-state index in [0.29, 0.717) is 18.0 Å². The zero-order chi connectivity index (χ0) is 13.5. The van der Waals surface area contributed by atoms with Crippen LogP contribution < -0.4 is 5.32 Å². The standard InChI is InChI=1S/C17H27NO/c1-14(12-13-19-2)18-17-11-7-6-10-16(17)15-8-4-3-5-9-15/h3-5,8-9,14,16-18H,6-7,10-13H2,1-2H3. The van der Waals surface area contributed by atoms with Crippen molar-refractivity contribution in [2.24, 2.45) is 0 Å². The Morgan fingerprint density at radius 3 is 2.68 bits per heavy atom. The Morgan fingerprint density at radius 2 is 1.95 bits per heavy atom. The highest BCUT2D eigenvalue weighted by Gasteiger charge is 2.26. The molecule has 2 heteroatoms. The second-order valence-electron chi connectivity index (χ2n) is 5.76. The molecule has 1 fully saturated rings. The summed E-state index contributed by atoms with van der Waals surface area (Å²) >= 11 is 0. The maximum Gasteiger partial charge on any atom is 0.0476 e. The van der Waals surface area contributed by atoms with Crippen LogP contribution in [0.4, 0.5) is 0 Å². The first-order chi connectivity index (χ1) is 9.31. The fourth-order valence-electron chi connectivity index (χ4n) is 3.17. The Morgan fingerprint density at radius 1 is 1.21 bits per heavy atom. The molecule has 1 aliphatic rings. The molecule has 0 radical (unpaired) electrons. The van der Waals surface area contributed by atoms with Crippen LogP contribution >= 0.6 is 0 Å². The SMILES string of the molecule is COCCC(C)NC1CCCCC1c1ccccc1. The van der Waals surface area contributed by atoms with E-state index in [0.717, 1.165) is 13.0 Å². The number of ether oxygens (including phenoxy) is 1. The van der Waals surface area contributed by atoms with E-state index in [1.54, 1.807) is 7.11 Å². The molecular weight excluding hydrogens is 234 g/mol. The van der Waals surface area contributed by atoms with E-state index >= 15 is 0 Å². The highest BCUT2D eigenvalue weighted by atomic mass is 16.5. The number of methoxy groups -OCH3 is 1. The van der Waals surface area contributed by atoms with Gasteiger partial charge in [0.05, 0.1) is 0 Å². The van der Waals surface area contributed by atoms with Gasteiger partial charge in [-0.25, -0.2) is 0 Å². The first kappa shape index (κ1) is 14.5. The maximum atomic E-state index is 5.17. The molecule has 0 bridgehead atoms. The quantitative estimate of drug-likeness (QED) is 0.842. The van der Waals surface area contributed by atoms with Crippen molar-refractivity contribution >= 4 is 0 Å². The van der Waals surface area contributed by atoms with Crippen LogP contribution in [0.1, 0.15) is 50.5 Å². The van der Waals surface area contributed by atoms with Gasteiger partial charge in [0.25, 0.3) is 0 Å². The van der Waals surface area contributed by atoms with E-state index < -0.39 is 0 Å². The highest BCUT2D eigenvalue weighted by molar-refractivity contribution is 5.22. The molecule has 0 saturated heterocycles. The van der Waals surface area contributed by atoms with Crippen molar-refractivity contribution in [3.8, 4) is 0 Å².